The Kier molecular flexibility index (Phi) is 5.71. The maximum atomic E-state index is 12.4. The molecule has 2 aliphatic rings. The maximum Gasteiger partial charge on any atom is 0.254 e. The highest BCUT2D eigenvalue weighted by atomic mass is 32.1. The number of thiophene rings is 1. The zero-order valence-corrected chi connectivity index (χ0v) is 16.2. The third-order valence-electron chi connectivity index (χ3n) is 5.82. The van der Waals surface area contributed by atoms with E-state index in [2.05, 4.69) is 29.2 Å². The van der Waals surface area contributed by atoms with Crippen molar-refractivity contribution < 1.29 is 4.79 Å². The Hall–Kier alpha value is -1.65. The van der Waals surface area contributed by atoms with Crippen LogP contribution < -0.4 is 0 Å². The van der Waals surface area contributed by atoms with Crippen LogP contribution in [0.2, 0.25) is 0 Å². The number of nitrogens with zero attached hydrogens (tertiary/aromatic N) is 2. The topological polar surface area (TPSA) is 23.6 Å². The van der Waals surface area contributed by atoms with E-state index in [-0.39, 0.29) is 5.91 Å². The lowest BCUT2D eigenvalue weighted by molar-refractivity contribution is 0.0691. The van der Waals surface area contributed by atoms with Crippen molar-refractivity contribution in [2.45, 2.75) is 38.6 Å². The summed E-state index contributed by atoms with van der Waals surface area (Å²) in [7, 11) is 0. The van der Waals surface area contributed by atoms with E-state index in [1.165, 1.54) is 37.1 Å². The van der Waals surface area contributed by atoms with E-state index >= 15 is 0 Å². The van der Waals surface area contributed by atoms with Crippen molar-refractivity contribution in [3.8, 4) is 0 Å². The molecule has 26 heavy (non-hydrogen) atoms. The highest BCUT2D eigenvalue weighted by Crippen LogP contribution is 2.24. The molecule has 0 atom stereocenters. The molecule has 2 saturated heterocycles. The van der Waals surface area contributed by atoms with Crippen molar-refractivity contribution in [1.29, 1.82) is 0 Å². The highest BCUT2D eigenvalue weighted by molar-refractivity contribution is 7.08. The number of likely N-dealkylation sites (tertiary alicyclic amines) is 2. The average Bonchev–Trinajstić information content (AvgIpc) is 3.37. The molecule has 3 nitrogen and oxygen atoms in total. The van der Waals surface area contributed by atoms with Crippen LogP contribution in [0.1, 0.15) is 47.2 Å². The molecular formula is C22H28N2OS. The van der Waals surface area contributed by atoms with Crippen LogP contribution in [0.25, 0.3) is 0 Å². The molecule has 0 radical (unpaired) electrons. The Balaban J connectivity index is 1.25. The van der Waals surface area contributed by atoms with Crippen LogP contribution in [-0.4, -0.2) is 41.9 Å². The van der Waals surface area contributed by atoms with Gasteiger partial charge in [-0.15, -0.1) is 0 Å². The standard InChI is InChI=1S/C22H28N2OS/c25-22(21-9-14-26-17-21)24-12-7-19(8-13-24)15-18-3-5-20(6-4-18)16-23-10-1-2-11-23/h3-6,9,14,17,19H,1-2,7-8,10-13,15-16H2. The Labute approximate surface area is 160 Å². The minimum atomic E-state index is 0.205. The molecule has 4 heteroatoms. The largest absolute Gasteiger partial charge is 0.339 e. The predicted octanol–water partition coefficient (Wildman–Crippen LogP) is 4.44. The molecule has 0 bridgehead atoms. The van der Waals surface area contributed by atoms with Crippen LogP contribution in [0, 0.1) is 5.92 Å². The summed E-state index contributed by atoms with van der Waals surface area (Å²) in [5.74, 6) is 0.905. The first-order valence-corrected chi connectivity index (χ1v) is 10.8. The van der Waals surface area contributed by atoms with Gasteiger partial charge >= 0.3 is 0 Å². The number of carbonyl (C=O) groups is 1. The van der Waals surface area contributed by atoms with Gasteiger partial charge in [0.05, 0.1) is 5.56 Å². The molecule has 1 aromatic heterocycles. The molecule has 4 rings (SSSR count). The summed E-state index contributed by atoms with van der Waals surface area (Å²) in [6.45, 7) is 5.40. The zero-order valence-electron chi connectivity index (χ0n) is 15.4. The highest BCUT2D eigenvalue weighted by Gasteiger charge is 2.24. The van der Waals surface area contributed by atoms with Gasteiger partial charge in [-0.05, 0) is 73.7 Å². The lowest BCUT2D eigenvalue weighted by atomic mass is 9.89. The van der Waals surface area contributed by atoms with Gasteiger partial charge < -0.3 is 4.90 Å². The molecule has 1 aromatic carbocycles. The fourth-order valence-electron chi connectivity index (χ4n) is 4.22. The van der Waals surface area contributed by atoms with Gasteiger partial charge in [0.2, 0.25) is 0 Å². The van der Waals surface area contributed by atoms with Crippen LogP contribution in [0.4, 0.5) is 0 Å². The number of carbonyl (C=O) groups excluding carboxylic acids is 1. The van der Waals surface area contributed by atoms with Gasteiger partial charge in [-0.1, -0.05) is 24.3 Å². The number of amides is 1. The SMILES string of the molecule is O=C(c1ccsc1)N1CCC(Cc2ccc(CN3CCCC3)cc2)CC1. The smallest absolute Gasteiger partial charge is 0.254 e. The minimum Gasteiger partial charge on any atom is -0.339 e. The van der Waals surface area contributed by atoms with Gasteiger partial charge in [-0.3, -0.25) is 9.69 Å². The first-order valence-electron chi connectivity index (χ1n) is 9.89. The molecule has 2 aliphatic heterocycles. The second-order valence-electron chi connectivity index (χ2n) is 7.75. The molecule has 3 heterocycles. The van der Waals surface area contributed by atoms with Crippen molar-refractivity contribution in [1.82, 2.24) is 9.80 Å². The summed E-state index contributed by atoms with van der Waals surface area (Å²) in [5.41, 5.74) is 3.73. The van der Waals surface area contributed by atoms with Gasteiger partial charge in [0.25, 0.3) is 5.91 Å². The summed E-state index contributed by atoms with van der Waals surface area (Å²) in [5, 5.41) is 3.94. The molecule has 1 amide bonds. The second kappa shape index (κ2) is 8.36. The van der Waals surface area contributed by atoms with Crippen LogP contribution in [0.15, 0.2) is 41.1 Å². The third kappa shape index (κ3) is 4.36. The van der Waals surface area contributed by atoms with Crippen LogP contribution >= 0.6 is 11.3 Å². The molecular weight excluding hydrogens is 340 g/mol. The Morgan fingerprint density at radius 1 is 0.962 bits per heavy atom. The third-order valence-corrected chi connectivity index (χ3v) is 6.51. The van der Waals surface area contributed by atoms with E-state index < -0.39 is 0 Å². The van der Waals surface area contributed by atoms with Gasteiger partial charge in [-0.2, -0.15) is 11.3 Å². The number of piperidine rings is 1. The van der Waals surface area contributed by atoms with E-state index in [1.807, 2.05) is 21.7 Å². The van der Waals surface area contributed by atoms with Crippen LogP contribution in [0.3, 0.4) is 0 Å². The van der Waals surface area contributed by atoms with Gasteiger partial charge in [0.15, 0.2) is 0 Å². The predicted molar refractivity (Wildman–Crippen MR) is 108 cm³/mol. The zero-order chi connectivity index (χ0) is 17.8. The Bertz CT molecular complexity index is 696. The van der Waals surface area contributed by atoms with Crippen LogP contribution in [-0.2, 0) is 13.0 Å². The van der Waals surface area contributed by atoms with Gasteiger partial charge in [0.1, 0.15) is 0 Å². The number of rotatable bonds is 5. The maximum absolute atomic E-state index is 12.4. The van der Waals surface area contributed by atoms with Crippen molar-refractivity contribution in [2.24, 2.45) is 5.92 Å². The molecule has 2 fully saturated rings. The van der Waals surface area contributed by atoms with Crippen molar-refractivity contribution >= 4 is 17.2 Å². The van der Waals surface area contributed by atoms with Gasteiger partial charge in [0, 0.05) is 25.0 Å². The van der Waals surface area contributed by atoms with Crippen LogP contribution in [0.5, 0.6) is 0 Å². The molecule has 0 N–H and O–H groups in total. The van der Waals surface area contributed by atoms with E-state index in [0.29, 0.717) is 5.92 Å². The molecule has 0 spiro atoms. The summed E-state index contributed by atoms with van der Waals surface area (Å²) in [6, 6.07) is 11.2. The van der Waals surface area contributed by atoms with E-state index in [9.17, 15) is 4.79 Å². The second-order valence-corrected chi connectivity index (χ2v) is 8.53. The Morgan fingerprint density at radius 3 is 2.31 bits per heavy atom. The fraction of sp³-hybridized carbons (Fsp3) is 0.500. The summed E-state index contributed by atoms with van der Waals surface area (Å²) in [6.07, 6.45) is 6.08. The summed E-state index contributed by atoms with van der Waals surface area (Å²) < 4.78 is 0. The number of hydrogen-bond donors (Lipinski definition) is 0. The number of benzene rings is 1. The molecule has 138 valence electrons. The lowest BCUT2D eigenvalue weighted by Crippen LogP contribution is -2.38. The van der Waals surface area contributed by atoms with Crippen molar-refractivity contribution in [3.63, 3.8) is 0 Å². The molecule has 0 aliphatic carbocycles. The normalized spacial score (nSPS) is 19.2. The summed E-state index contributed by atoms with van der Waals surface area (Å²) >= 11 is 1.59. The van der Waals surface area contributed by atoms with E-state index in [0.717, 1.165) is 44.5 Å². The summed E-state index contributed by atoms with van der Waals surface area (Å²) in [4.78, 5) is 17.0. The van der Waals surface area contributed by atoms with Gasteiger partial charge in [-0.25, -0.2) is 0 Å². The van der Waals surface area contributed by atoms with Crippen molar-refractivity contribution in [3.05, 3.63) is 57.8 Å². The van der Waals surface area contributed by atoms with E-state index in [1.54, 1.807) is 11.3 Å². The first kappa shape index (κ1) is 17.7. The quantitative estimate of drug-likeness (QED) is 0.779. The van der Waals surface area contributed by atoms with E-state index in [4.69, 9.17) is 0 Å². The number of hydrogen-bond acceptors (Lipinski definition) is 3. The minimum absolute atomic E-state index is 0.205. The molecule has 0 unspecified atom stereocenters. The molecule has 0 saturated carbocycles. The molecule has 2 aromatic rings. The monoisotopic (exact) mass is 368 g/mol. The van der Waals surface area contributed by atoms with Crippen molar-refractivity contribution in [2.75, 3.05) is 26.2 Å². The average molecular weight is 369 g/mol. The fourth-order valence-corrected chi connectivity index (χ4v) is 4.85. The first-order chi connectivity index (χ1) is 12.8. The lowest BCUT2D eigenvalue weighted by Gasteiger charge is -2.32. The Morgan fingerprint density at radius 2 is 1.65 bits per heavy atom.